The first kappa shape index (κ1) is 16.5. The quantitative estimate of drug-likeness (QED) is 0.820. The summed E-state index contributed by atoms with van der Waals surface area (Å²) >= 11 is 5.93. The Bertz CT molecular complexity index is 737. The van der Waals surface area contributed by atoms with Crippen molar-refractivity contribution < 1.29 is 17.9 Å². The maximum atomic E-state index is 12.8. The molecule has 0 unspecified atom stereocenters. The summed E-state index contributed by atoms with van der Waals surface area (Å²) in [5.41, 5.74) is 0.445. The van der Waals surface area contributed by atoms with Crippen LogP contribution in [-0.2, 0) is 10.0 Å². The minimum Gasteiger partial charge on any atom is -0.496 e. The van der Waals surface area contributed by atoms with E-state index in [0.29, 0.717) is 41.9 Å². The molecule has 23 heavy (non-hydrogen) atoms. The minimum absolute atomic E-state index is 0.110. The monoisotopic (exact) mass is 358 g/mol. The number of amides is 1. The van der Waals surface area contributed by atoms with Gasteiger partial charge in [-0.1, -0.05) is 11.6 Å². The van der Waals surface area contributed by atoms with E-state index in [1.165, 1.54) is 17.7 Å². The maximum absolute atomic E-state index is 12.8. The SMILES string of the molecule is COc1cc(Cl)ccc1C(=O)N1CC[C@@H]2CN(S(C)(=O)=O)[C@@H]2C1. The number of nitrogens with zero attached hydrogens (tertiary/aromatic N) is 2. The number of piperidine rings is 1. The summed E-state index contributed by atoms with van der Waals surface area (Å²) in [5.74, 6) is 0.622. The van der Waals surface area contributed by atoms with Gasteiger partial charge < -0.3 is 9.64 Å². The number of hydrogen-bond donors (Lipinski definition) is 0. The third kappa shape index (κ3) is 3.05. The Hall–Kier alpha value is -1.31. The van der Waals surface area contributed by atoms with E-state index in [-0.39, 0.29) is 11.9 Å². The Morgan fingerprint density at radius 3 is 2.74 bits per heavy atom. The van der Waals surface area contributed by atoms with E-state index < -0.39 is 10.0 Å². The van der Waals surface area contributed by atoms with E-state index in [1.807, 2.05) is 0 Å². The Kier molecular flexibility index (Phi) is 4.29. The average Bonchev–Trinajstić information content (AvgIpc) is 2.46. The molecule has 0 N–H and O–H groups in total. The van der Waals surface area contributed by atoms with Crippen LogP contribution < -0.4 is 4.74 Å². The largest absolute Gasteiger partial charge is 0.496 e. The highest BCUT2D eigenvalue weighted by Gasteiger charge is 2.47. The Morgan fingerprint density at radius 1 is 1.35 bits per heavy atom. The lowest BCUT2D eigenvalue weighted by molar-refractivity contribution is 0.0139. The number of rotatable bonds is 3. The number of hydrogen-bond acceptors (Lipinski definition) is 4. The van der Waals surface area contributed by atoms with Crippen LogP contribution in [-0.4, -0.2) is 62.6 Å². The lowest BCUT2D eigenvalue weighted by Crippen LogP contribution is -2.65. The number of methoxy groups -OCH3 is 1. The summed E-state index contributed by atoms with van der Waals surface area (Å²) in [5, 5.41) is 0.499. The van der Waals surface area contributed by atoms with Gasteiger partial charge in [0.05, 0.1) is 18.9 Å². The summed E-state index contributed by atoms with van der Waals surface area (Å²) < 4.78 is 30.2. The second-order valence-electron chi connectivity index (χ2n) is 6.04. The van der Waals surface area contributed by atoms with Gasteiger partial charge in [-0.25, -0.2) is 8.42 Å². The third-order valence-electron chi connectivity index (χ3n) is 4.61. The van der Waals surface area contributed by atoms with Crippen LogP contribution in [0.25, 0.3) is 0 Å². The van der Waals surface area contributed by atoms with Gasteiger partial charge in [-0.2, -0.15) is 4.31 Å². The topological polar surface area (TPSA) is 66.9 Å². The molecule has 2 aliphatic heterocycles. The zero-order chi connectivity index (χ0) is 16.8. The van der Waals surface area contributed by atoms with E-state index in [0.717, 1.165) is 6.42 Å². The third-order valence-corrected chi connectivity index (χ3v) is 6.12. The molecule has 8 heteroatoms. The van der Waals surface area contributed by atoms with Crippen molar-refractivity contribution in [3.63, 3.8) is 0 Å². The van der Waals surface area contributed by atoms with Crippen LogP contribution in [0.3, 0.4) is 0 Å². The van der Waals surface area contributed by atoms with E-state index in [9.17, 15) is 13.2 Å². The number of carbonyl (C=O) groups excluding carboxylic acids is 1. The van der Waals surface area contributed by atoms with Gasteiger partial charge in [0.25, 0.3) is 5.91 Å². The van der Waals surface area contributed by atoms with Gasteiger partial charge in [-0.15, -0.1) is 0 Å². The number of halogens is 1. The fraction of sp³-hybridized carbons (Fsp3) is 0.533. The molecule has 2 atom stereocenters. The van der Waals surface area contributed by atoms with Gasteiger partial charge in [0.2, 0.25) is 10.0 Å². The molecule has 0 spiro atoms. The molecule has 3 rings (SSSR count). The summed E-state index contributed by atoms with van der Waals surface area (Å²) in [6.45, 7) is 1.61. The maximum Gasteiger partial charge on any atom is 0.257 e. The second-order valence-corrected chi connectivity index (χ2v) is 8.42. The molecule has 2 saturated heterocycles. The average molecular weight is 359 g/mol. The van der Waals surface area contributed by atoms with Crippen molar-refractivity contribution in [2.45, 2.75) is 12.5 Å². The molecule has 1 aromatic rings. The van der Waals surface area contributed by atoms with E-state index in [2.05, 4.69) is 0 Å². The molecule has 6 nitrogen and oxygen atoms in total. The molecule has 0 saturated carbocycles. The molecule has 0 bridgehead atoms. The predicted molar refractivity (Wildman–Crippen MR) is 87.4 cm³/mol. The molecule has 0 aliphatic carbocycles. The number of carbonyl (C=O) groups is 1. The van der Waals surface area contributed by atoms with Gasteiger partial charge >= 0.3 is 0 Å². The van der Waals surface area contributed by atoms with Gasteiger partial charge in [0.1, 0.15) is 5.75 Å². The van der Waals surface area contributed by atoms with Crippen molar-refractivity contribution in [3.05, 3.63) is 28.8 Å². The van der Waals surface area contributed by atoms with Crippen LogP contribution in [0.5, 0.6) is 5.75 Å². The van der Waals surface area contributed by atoms with Crippen molar-refractivity contribution in [3.8, 4) is 5.75 Å². The molecule has 0 aromatic heterocycles. The smallest absolute Gasteiger partial charge is 0.257 e. The lowest BCUT2D eigenvalue weighted by Gasteiger charge is -2.51. The van der Waals surface area contributed by atoms with Crippen LogP contribution in [0.15, 0.2) is 18.2 Å². The molecular weight excluding hydrogens is 340 g/mol. The van der Waals surface area contributed by atoms with Gasteiger partial charge in [-0.3, -0.25) is 4.79 Å². The number of benzene rings is 1. The van der Waals surface area contributed by atoms with Crippen molar-refractivity contribution >= 4 is 27.5 Å². The highest BCUT2D eigenvalue weighted by Crippen LogP contribution is 2.35. The summed E-state index contributed by atoms with van der Waals surface area (Å²) in [6, 6.07) is 4.79. The Morgan fingerprint density at radius 2 is 2.09 bits per heavy atom. The fourth-order valence-electron chi connectivity index (χ4n) is 3.33. The van der Waals surface area contributed by atoms with E-state index >= 15 is 0 Å². The first-order valence-corrected chi connectivity index (χ1v) is 9.63. The lowest BCUT2D eigenvalue weighted by atomic mass is 9.84. The van der Waals surface area contributed by atoms with Crippen LogP contribution in [0, 0.1) is 5.92 Å². The molecule has 0 radical (unpaired) electrons. The Balaban J connectivity index is 1.79. The van der Waals surface area contributed by atoms with Gasteiger partial charge in [0, 0.05) is 30.7 Å². The fourth-order valence-corrected chi connectivity index (χ4v) is 4.68. The zero-order valence-electron chi connectivity index (χ0n) is 13.0. The van der Waals surface area contributed by atoms with Crippen LogP contribution in [0.1, 0.15) is 16.8 Å². The minimum atomic E-state index is -3.22. The zero-order valence-corrected chi connectivity index (χ0v) is 14.6. The summed E-state index contributed by atoms with van der Waals surface area (Å²) in [7, 11) is -1.72. The summed E-state index contributed by atoms with van der Waals surface area (Å²) in [6.07, 6.45) is 2.03. The highest BCUT2D eigenvalue weighted by atomic mass is 35.5. The van der Waals surface area contributed by atoms with Crippen LogP contribution in [0.2, 0.25) is 5.02 Å². The normalized spacial score (nSPS) is 24.7. The number of likely N-dealkylation sites (tertiary alicyclic amines) is 1. The van der Waals surface area contributed by atoms with Crippen molar-refractivity contribution in [1.29, 1.82) is 0 Å². The summed E-state index contributed by atoms with van der Waals surface area (Å²) in [4.78, 5) is 14.5. The number of ether oxygens (including phenoxy) is 1. The Labute approximate surface area is 141 Å². The molecule has 2 aliphatic rings. The highest BCUT2D eigenvalue weighted by molar-refractivity contribution is 7.88. The van der Waals surface area contributed by atoms with Crippen LogP contribution >= 0.6 is 11.6 Å². The predicted octanol–water partition coefficient (Wildman–Crippen LogP) is 1.45. The first-order valence-electron chi connectivity index (χ1n) is 7.41. The standard InChI is InChI=1S/C15H19ClN2O4S/c1-22-14-7-11(16)3-4-12(14)15(19)17-6-5-10-8-18(13(10)9-17)23(2,20)21/h3-4,7,10,13H,5-6,8-9H2,1-2H3/t10-,13-/m1/s1. The number of fused-ring (bicyclic) bond motifs is 1. The molecule has 1 amide bonds. The molecule has 126 valence electrons. The van der Waals surface area contributed by atoms with Crippen molar-refractivity contribution in [1.82, 2.24) is 9.21 Å². The molecule has 1 aromatic carbocycles. The van der Waals surface area contributed by atoms with E-state index in [1.54, 1.807) is 23.1 Å². The molecule has 2 heterocycles. The van der Waals surface area contributed by atoms with Gasteiger partial charge in [-0.05, 0) is 30.5 Å². The van der Waals surface area contributed by atoms with Gasteiger partial charge in [0.15, 0.2) is 0 Å². The van der Waals surface area contributed by atoms with Crippen molar-refractivity contribution in [2.24, 2.45) is 5.92 Å². The number of sulfonamides is 1. The van der Waals surface area contributed by atoms with Crippen molar-refractivity contribution in [2.75, 3.05) is 33.0 Å². The van der Waals surface area contributed by atoms with Crippen LogP contribution in [0.4, 0.5) is 0 Å². The molecular formula is C15H19ClN2O4S. The molecule has 2 fully saturated rings. The van der Waals surface area contributed by atoms with E-state index in [4.69, 9.17) is 16.3 Å². The first-order chi connectivity index (χ1) is 10.8. The second kappa shape index (κ2) is 5.96.